The molecule has 0 spiro atoms. The molecule has 2 aliphatic heterocycles. The van der Waals surface area contributed by atoms with Crippen molar-refractivity contribution in [1.82, 2.24) is 9.80 Å². The summed E-state index contributed by atoms with van der Waals surface area (Å²) in [6, 6.07) is 24.9. The van der Waals surface area contributed by atoms with Crippen LogP contribution in [0.4, 0.5) is 4.39 Å². The van der Waals surface area contributed by atoms with E-state index in [9.17, 15) is 14.3 Å². The molecular weight excluding hydrogens is 415 g/mol. The van der Waals surface area contributed by atoms with E-state index < -0.39 is 0 Å². The van der Waals surface area contributed by atoms with Gasteiger partial charge in [-0.25, -0.2) is 4.39 Å². The molecule has 0 saturated carbocycles. The fourth-order valence-corrected chi connectivity index (χ4v) is 5.43. The number of carbonyl (C=O) groups excluding carboxylic acids is 1. The van der Waals surface area contributed by atoms with E-state index in [0.717, 1.165) is 19.4 Å². The molecule has 33 heavy (non-hydrogen) atoms. The van der Waals surface area contributed by atoms with E-state index in [-0.39, 0.29) is 36.3 Å². The van der Waals surface area contributed by atoms with E-state index in [1.165, 1.54) is 28.8 Å². The van der Waals surface area contributed by atoms with Crippen molar-refractivity contribution in [3.05, 3.63) is 95.8 Å². The van der Waals surface area contributed by atoms with Crippen LogP contribution in [0.3, 0.4) is 0 Å². The molecule has 2 heterocycles. The number of fused-ring (bicyclic) bond motifs is 1. The Morgan fingerprint density at radius 3 is 2.24 bits per heavy atom. The van der Waals surface area contributed by atoms with Gasteiger partial charge in [-0.1, -0.05) is 54.6 Å². The summed E-state index contributed by atoms with van der Waals surface area (Å²) in [5.74, 6) is -0.224. The SMILES string of the molecule is O=C(c1ccc(F)cc1)N1CCCCN2[C@@H](CO)[C@H](c3ccc(-c4ccccc4)cc3)[C@@H]2C1. The van der Waals surface area contributed by atoms with E-state index in [2.05, 4.69) is 41.3 Å². The molecule has 1 amide bonds. The number of aliphatic hydroxyl groups is 1. The second kappa shape index (κ2) is 9.46. The molecule has 170 valence electrons. The number of hydrogen-bond acceptors (Lipinski definition) is 3. The number of nitrogens with zero attached hydrogens (tertiary/aromatic N) is 2. The topological polar surface area (TPSA) is 43.8 Å². The second-order valence-electron chi connectivity index (χ2n) is 9.03. The van der Waals surface area contributed by atoms with Gasteiger partial charge in [0.2, 0.25) is 0 Å². The molecule has 0 unspecified atom stereocenters. The number of halogens is 1. The molecule has 4 nitrogen and oxygen atoms in total. The Bertz CT molecular complexity index is 1090. The highest BCUT2D eigenvalue weighted by atomic mass is 19.1. The van der Waals surface area contributed by atoms with Crippen molar-refractivity contribution in [3.63, 3.8) is 0 Å². The maximum Gasteiger partial charge on any atom is 0.253 e. The zero-order valence-electron chi connectivity index (χ0n) is 18.6. The van der Waals surface area contributed by atoms with Crippen LogP contribution in [-0.2, 0) is 0 Å². The molecule has 2 saturated heterocycles. The van der Waals surface area contributed by atoms with Crippen LogP contribution >= 0.6 is 0 Å². The zero-order chi connectivity index (χ0) is 22.8. The van der Waals surface area contributed by atoms with Crippen molar-refractivity contribution in [2.45, 2.75) is 30.8 Å². The standard InChI is InChI=1S/C28H29FN2O2/c29-24-14-12-23(13-15-24)28(33)30-16-4-5-17-31-25(18-30)27(26(31)19-32)22-10-8-21(9-11-22)20-6-2-1-3-7-20/h1-3,6-15,25-27,32H,4-5,16-19H2/t25-,26-,27+/m0/s1. The average Bonchev–Trinajstić information content (AvgIpc) is 2.84. The lowest BCUT2D eigenvalue weighted by Gasteiger charge is -2.57. The van der Waals surface area contributed by atoms with Gasteiger partial charge in [-0.2, -0.15) is 0 Å². The minimum atomic E-state index is -0.339. The van der Waals surface area contributed by atoms with Crippen LogP contribution in [0.1, 0.15) is 34.7 Å². The Morgan fingerprint density at radius 2 is 1.55 bits per heavy atom. The molecule has 3 atom stereocenters. The Kier molecular flexibility index (Phi) is 6.25. The third-order valence-electron chi connectivity index (χ3n) is 7.15. The first-order chi connectivity index (χ1) is 16.2. The smallest absolute Gasteiger partial charge is 0.253 e. The summed E-state index contributed by atoms with van der Waals surface area (Å²) in [5, 5.41) is 10.2. The Morgan fingerprint density at radius 1 is 0.879 bits per heavy atom. The van der Waals surface area contributed by atoms with E-state index in [4.69, 9.17) is 0 Å². The monoisotopic (exact) mass is 444 g/mol. The number of rotatable bonds is 4. The predicted molar refractivity (Wildman–Crippen MR) is 128 cm³/mol. The number of benzene rings is 3. The summed E-state index contributed by atoms with van der Waals surface area (Å²) >= 11 is 0. The summed E-state index contributed by atoms with van der Waals surface area (Å²) in [4.78, 5) is 17.5. The summed E-state index contributed by atoms with van der Waals surface area (Å²) in [6.45, 7) is 2.35. The van der Waals surface area contributed by atoms with Crippen LogP contribution in [0.2, 0.25) is 0 Å². The maximum absolute atomic E-state index is 13.3. The lowest BCUT2D eigenvalue weighted by molar-refractivity contribution is -0.0606. The van der Waals surface area contributed by atoms with Crippen molar-refractivity contribution in [2.75, 3.05) is 26.2 Å². The number of aliphatic hydroxyl groups excluding tert-OH is 1. The molecule has 3 aromatic rings. The van der Waals surface area contributed by atoms with Gasteiger partial charge in [0.1, 0.15) is 5.82 Å². The van der Waals surface area contributed by atoms with E-state index in [1.807, 2.05) is 23.1 Å². The number of carbonyl (C=O) groups is 1. The molecule has 0 bridgehead atoms. The van der Waals surface area contributed by atoms with Crippen LogP contribution in [0, 0.1) is 5.82 Å². The first kappa shape index (κ1) is 21.8. The van der Waals surface area contributed by atoms with Crippen LogP contribution in [0.5, 0.6) is 0 Å². The summed E-state index contributed by atoms with van der Waals surface area (Å²) in [7, 11) is 0. The first-order valence-corrected chi connectivity index (χ1v) is 11.7. The van der Waals surface area contributed by atoms with Gasteiger partial charge in [0, 0.05) is 36.7 Å². The third-order valence-corrected chi connectivity index (χ3v) is 7.15. The third kappa shape index (κ3) is 4.31. The summed E-state index contributed by atoms with van der Waals surface area (Å²) in [6.07, 6.45) is 1.91. The maximum atomic E-state index is 13.3. The van der Waals surface area contributed by atoms with Gasteiger partial charge in [0.05, 0.1) is 6.61 Å². The first-order valence-electron chi connectivity index (χ1n) is 11.7. The highest BCUT2D eigenvalue weighted by molar-refractivity contribution is 5.94. The van der Waals surface area contributed by atoms with Crippen LogP contribution in [-0.4, -0.2) is 59.1 Å². The lowest BCUT2D eigenvalue weighted by atomic mass is 9.74. The van der Waals surface area contributed by atoms with Crippen molar-refractivity contribution >= 4 is 5.91 Å². The molecule has 0 radical (unpaired) electrons. The van der Waals surface area contributed by atoms with Crippen molar-refractivity contribution in [3.8, 4) is 11.1 Å². The van der Waals surface area contributed by atoms with Gasteiger partial charge >= 0.3 is 0 Å². The normalized spacial score (nSPS) is 23.2. The van der Waals surface area contributed by atoms with Crippen LogP contribution < -0.4 is 0 Å². The Hall–Kier alpha value is -3.02. The molecule has 0 aliphatic carbocycles. The summed E-state index contributed by atoms with van der Waals surface area (Å²) in [5.41, 5.74) is 4.07. The van der Waals surface area contributed by atoms with Crippen LogP contribution in [0.25, 0.3) is 11.1 Å². The Balaban J connectivity index is 1.38. The fourth-order valence-electron chi connectivity index (χ4n) is 5.43. The van der Waals surface area contributed by atoms with Gasteiger partial charge < -0.3 is 10.0 Å². The van der Waals surface area contributed by atoms with E-state index in [1.54, 1.807) is 12.1 Å². The lowest BCUT2D eigenvalue weighted by Crippen LogP contribution is -2.67. The van der Waals surface area contributed by atoms with Gasteiger partial charge in [-0.15, -0.1) is 0 Å². The predicted octanol–water partition coefficient (Wildman–Crippen LogP) is 4.56. The van der Waals surface area contributed by atoms with Gasteiger partial charge in [0.15, 0.2) is 0 Å². The molecular formula is C28H29FN2O2. The van der Waals surface area contributed by atoms with Crippen molar-refractivity contribution in [2.24, 2.45) is 0 Å². The van der Waals surface area contributed by atoms with Crippen molar-refractivity contribution in [1.29, 1.82) is 0 Å². The number of hydrogen-bond donors (Lipinski definition) is 1. The molecule has 2 aliphatic rings. The molecule has 5 heteroatoms. The highest BCUT2D eigenvalue weighted by Crippen LogP contribution is 2.42. The van der Waals surface area contributed by atoms with Crippen LogP contribution in [0.15, 0.2) is 78.9 Å². The molecule has 5 rings (SSSR count). The fraction of sp³-hybridized carbons (Fsp3) is 0.321. The van der Waals surface area contributed by atoms with E-state index >= 15 is 0 Å². The number of amides is 1. The zero-order valence-corrected chi connectivity index (χ0v) is 18.6. The molecule has 0 aromatic heterocycles. The Labute approximate surface area is 194 Å². The summed E-state index contributed by atoms with van der Waals surface area (Å²) < 4.78 is 13.3. The minimum absolute atomic E-state index is 0.0533. The average molecular weight is 445 g/mol. The van der Waals surface area contributed by atoms with Gasteiger partial charge in [-0.05, 0) is 60.3 Å². The largest absolute Gasteiger partial charge is 0.395 e. The molecule has 1 N–H and O–H groups in total. The molecule has 2 fully saturated rings. The quantitative estimate of drug-likeness (QED) is 0.642. The second-order valence-corrected chi connectivity index (χ2v) is 9.03. The van der Waals surface area contributed by atoms with E-state index in [0.29, 0.717) is 18.7 Å². The van der Waals surface area contributed by atoms with Gasteiger partial charge in [-0.3, -0.25) is 9.69 Å². The van der Waals surface area contributed by atoms with Gasteiger partial charge in [0.25, 0.3) is 5.91 Å². The minimum Gasteiger partial charge on any atom is -0.395 e. The molecule has 3 aromatic carbocycles. The van der Waals surface area contributed by atoms with Crippen molar-refractivity contribution < 1.29 is 14.3 Å². The highest BCUT2D eigenvalue weighted by Gasteiger charge is 2.49.